The number of allylic oxidation sites excluding steroid dienone is 2. The van der Waals surface area contributed by atoms with E-state index in [1.807, 2.05) is 97.3 Å². The van der Waals surface area contributed by atoms with Gasteiger partial charge in [0.25, 0.3) is 0 Å². The predicted molar refractivity (Wildman–Crippen MR) is 601 cm³/mol. The van der Waals surface area contributed by atoms with E-state index in [0.29, 0.717) is 70.7 Å². The number of fused-ring (bicyclic) bond motifs is 4. The van der Waals surface area contributed by atoms with E-state index in [-0.39, 0.29) is 11.7 Å². The summed E-state index contributed by atoms with van der Waals surface area (Å²) in [5.74, 6) is 6.32. The van der Waals surface area contributed by atoms with E-state index in [1.54, 1.807) is 26.8 Å². The number of aromatic nitrogens is 2. The minimum atomic E-state index is -4.24. The van der Waals surface area contributed by atoms with Gasteiger partial charge in [-0.3, -0.25) is 0 Å². The normalized spacial score (nSPS) is 11.2. The van der Waals surface area contributed by atoms with Crippen LogP contribution in [0.2, 0.25) is 15.1 Å². The van der Waals surface area contributed by atoms with Crippen molar-refractivity contribution in [2.24, 2.45) is 5.92 Å². The van der Waals surface area contributed by atoms with Gasteiger partial charge in [0.15, 0.2) is 0 Å². The van der Waals surface area contributed by atoms with Crippen molar-refractivity contribution in [2.45, 2.75) is 265 Å². The van der Waals surface area contributed by atoms with Crippen LogP contribution in [-0.4, -0.2) is 9.97 Å². The van der Waals surface area contributed by atoms with Crippen LogP contribution in [0.3, 0.4) is 0 Å². The van der Waals surface area contributed by atoms with Crippen LogP contribution in [0.1, 0.15) is 326 Å². The van der Waals surface area contributed by atoms with Crippen molar-refractivity contribution in [1.82, 2.24) is 9.97 Å². The van der Waals surface area contributed by atoms with E-state index >= 15 is 0 Å². The second-order valence-electron chi connectivity index (χ2n) is 38.8. The van der Waals surface area contributed by atoms with E-state index in [1.165, 1.54) is 134 Å². The average Bonchev–Trinajstić information content (AvgIpc) is 1.76. The van der Waals surface area contributed by atoms with Crippen LogP contribution in [0, 0.1) is 32.5 Å². The molecular weight excluding hydrogens is 1780 g/mol. The summed E-state index contributed by atoms with van der Waals surface area (Å²) >= 11 is 19.4. The van der Waals surface area contributed by atoms with Gasteiger partial charge in [-0.15, -0.1) is 11.3 Å². The summed E-state index contributed by atoms with van der Waals surface area (Å²) in [7, 11) is 0. The van der Waals surface area contributed by atoms with Crippen LogP contribution in [0.5, 0.6) is 0 Å². The summed E-state index contributed by atoms with van der Waals surface area (Å²) in [6, 6.07) is 110. The van der Waals surface area contributed by atoms with Gasteiger partial charge in [0.1, 0.15) is 11.5 Å². The van der Waals surface area contributed by atoms with Gasteiger partial charge in [-0.2, -0.15) is 13.2 Å². The van der Waals surface area contributed by atoms with Gasteiger partial charge in [-0.1, -0.05) is 480 Å². The third-order valence-corrected chi connectivity index (χ3v) is 25.6. The molecule has 0 saturated carbocycles. The first-order valence-corrected chi connectivity index (χ1v) is 51.1. The zero-order valence-corrected chi connectivity index (χ0v) is 90.1. The molecule has 3 heterocycles. The Morgan fingerprint density at radius 2 is 0.775 bits per heavy atom. The first-order chi connectivity index (χ1) is 65.4. The summed E-state index contributed by atoms with van der Waals surface area (Å²) in [5.41, 5.74) is 24.6. The topological polar surface area (TPSA) is 28.7 Å². The number of rotatable bonds is 13. The minimum absolute atomic E-state index is 0.0992. The first kappa shape index (κ1) is 116. The van der Waals surface area contributed by atoms with Gasteiger partial charge in [0.2, 0.25) is 0 Å². The quantitative estimate of drug-likeness (QED) is 0.115. The number of nitrogens with zero attached hydrogens (tertiary/aromatic N) is 1. The van der Waals surface area contributed by atoms with Gasteiger partial charge >= 0.3 is 6.18 Å². The molecule has 0 saturated heterocycles. The van der Waals surface area contributed by atoms with Crippen molar-refractivity contribution >= 4 is 83.6 Å². The number of nitrogens with one attached hydrogen (secondary N) is 1. The fraction of sp³-hybridized carbons (Fsp3) is 0.320. The highest BCUT2D eigenvalue weighted by Gasteiger charge is 2.33. The number of hydrogen-bond donors (Lipinski definition) is 1. The second kappa shape index (κ2) is 59.5. The summed E-state index contributed by atoms with van der Waals surface area (Å²) in [6.07, 6.45) is 1.06. The highest BCUT2D eigenvalue weighted by Crippen LogP contribution is 2.37. The Bertz CT molecular complexity index is 6080. The molecule has 730 valence electrons. The number of alkyl halides is 3. The molecule has 0 amide bonds. The highest BCUT2D eigenvalue weighted by atomic mass is 35.5. The largest absolute Gasteiger partial charge is 0.416 e. The molecule has 0 fully saturated rings. The molecule has 0 aliphatic heterocycles. The van der Waals surface area contributed by atoms with Crippen molar-refractivity contribution in [2.75, 3.05) is 0 Å². The van der Waals surface area contributed by atoms with Crippen molar-refractivity contribution < 1.29 is 17.6 Å². The number of halogens is 7. The smallest absolute Gasteiger partial charge is 0.343 e. The molecule has 0 bridgehead atoms. The molecule has 0 radical (unpaired) electrons. The molecule has 1 N–H and O–H groups in total. The molecule has 16 aromatic rings. The number of H-pyrrole nitrogens is 1. The number of aromatic amines is 1. The number of thiophene rings is 1. The summed E-state index contributed by atoms with van der Waals surface area (Å²) in [5, 5.41) is 10.1. The summed E-state index contributed by atoms with van der Waals surface area (Å²) in [6.45, 7) is 57.7. The van der Waals surface area contributed by atoms with Crippen LogP contribution in [-0.2, 0) is 12.6 Å². The Kier molecular flexibility index (Phi) is 49.9. The Labute approximate surface area is 847 Å². The Hall–Kier alpha value is -10.9. The summed E-state index contributed by atoms with van der Waals surface area (Å²) < 4.78 is 51.4. The fourth-order valence-corrected chi connectivity index (χ4v) is 16.6. The van der Waals surface area contributed by atoms with Crippen molar-refractivity contribution in [3.63, 3.8) is 0 Å². The van der Waals surface area contributed by atoms with Crippen molar-refractivity contribution in [3.05, 3.63) is 461 Å². The monoisotopic (exact) mass is 1930 g/mol. The van der Waals surface area contributed by atoms with E-state index < -0.39 is 11.7 Å². The van der Waals surface area contributed by atoms with Crippen molar-refractivity contribution in [1.29, 1.82) is 0 Å². The Balaban J connectivity index is 0.000000231. The summed E-state index contributed by atoms with van der Waals surface area (Å²) in [4.78, 5) is 7.51. The lowest BCUT2D eigenvalue weighted by Gasteiger charge is -2.14. The van der Waals surface area contributed by atoms with Crippen LogP contribution in [0.25, 0.3) is 48.6 Å². The van der Waals surface area contributed by atoms with Crippen LogP contribution >= 0.6 is 46.1 Å². The maximum Gasteiger partial charge on any atom is 0.416 e. The van der Waals surface area contributed by atoms with Gasteiger partial charge in [0.05, 0.1) is 5.56 Å². The number of aryl methyl sites for hydroxylation is 3. The maximum atomic E-state index is 12.8. The lowest BCUT2D eigenvalue weighted by atomic mass is 9.97. The molecule has 0 spiro atoms. The van der Waals surface area contributed by atoms with Gasteiger partial charge < -0.3 is 4.98 Å². The molecule has 2 nitrogen and oxygen atoms in total. The maximum absolute atomic E-state index is 12.8. The molecule has 0 atom stereocenters. The van der Waals surface area contributed by atoms with E-state index in [9.17, 15) is 17.6 Å². The first-order valence-electron chi connectivity index (χ1n) is 49.1. The zero-order chi connectivity index (χ0) is 102. The second-order valence-corrected chi connectivity index (χ2v) is 41.0. The van der Waals surface area contributed by atoms with E-state index in [2.05, 4.69) is 405 Å². The Morgan fingerprint density at radius 1 is 0.326 bits per heavy atom. The van der Waals surface area contributed by atoms with Crippen LogP contribution < -0.4 is 0 Å². The van der Waals surface area contributed by atoms with Crippen molar-refractivity contribution in [3.8, 4) is 11.1 Å². The van der Waals surface area contributed by atoms with Crippen LogP contribution in [0.4, 0.5) is 17.6 Å². The average molecular weight is 1930 g/mol. The third-order valence-electron chi connectivity index (χ3n) is 23.6. The standard InChI is InChI=1S/C15H16.C13H14.C12H14.C11H12S.C10H13Cl.C10H11F3.C10H13F.C10H12N2.C10H14.2C9H11Cl.C9H12/c1-12(2)13-8-10-15(11-9-13)14-6-4-3-5-7-14;1-10(2)12-8-7-11-5-3-4-6-13(11)9-12;1-9(2)11-8-7-10-5-3-4-6-12(10)11;1-8(2)10-7-12-11-6-4-3-5-9(10)11;1-7(2)9-4-5-10(11)8(3)6-9;1-7(2)8-5-3-4-6-9(8)10(11,12)13;1-7(2)9-4-5-10(11)8(3)6-9;1-7(2)9-6-8-4-3-5-11-10(8)12-9;1-8(2)10-6-4-5-9(3)7-10;1-7(2)8-4-3-5-9(10)6-8;1-7(2)8-5-3-4-6-9(8)10;1-8(2)9-6-4-3-5-7-9/h3-12H,1-2H3;3-10H,1-2H3;3-6,8-9H,7H2,1-2H3;3-8H,1-2H3;4-7H,1-3H3;3-7H,1-2H3;4-7H,1-3H3;3-7H,1-2H3,(H,11,12);4-8H,1-3H3;2*3-7H,1-2H3;3-8H,1-2H3. The molecule has 3 aromatic heterocycles. The molecule has 13 aromatic carbocycles. The molecule has 1 aliphatic carbocycles. The zero-order valence-electron chi connectivity index (χ0n) is 87.0. The minimum Gasteiger partial charge on any atom is -0.343 e. The number of hydrogen-bond acceptors (Lipinski definition) is 2. The molecule has 138 heavy (non-hydrogen) atoms. The van der Waals surface area contributed by atoms with Crippen LogP contribution in [0.15, 0.2) is 345 Å². The number of benzene rings is 13. The van der Waals surface area contributed by atoms with Gasteiger partial charge in [-0.25, -0.2) is 9.37 Å². The highest BCUT2D eigenvalue weighted by molar-refractivity contribution is 7.17. The molecule has 17 rings (SSSR count). The predicted octanol–water partition coefficient (Wildman–Crippen LogP) is 42.1. The molecule has 0 unspecified atom stereocenters. The van der Waals surface area contributed by atoms with Gasteiger partial charge in [-0.05, 0) is 275 Å². The molecular formula is C128H153Cl3F4N2S. The fourth-order valence-electron chi connectivity index (χ4n) is 14.8. The van der Waals surface area contributed by atoms with E-state index in [0.717, 1.165) is 44.3 Å². The molecule has 1 aliphatic rings. The lowest BCUT2D eigenvalue weighted by molar-refractivity contribution is -0.138. The third kappa shape index (κ3) is 39.8. The van der Waals surface area contributed by atoms with Gasteiger partial charge in [0, 0.05) is 37.0 Å². The molecule has 10 heteroatoms. The Morgan fingerprint density at radius 3 is 1.28 bits per heavy atom. The van der Waals surface area contributed by atoms with E-state index in [4.69, 9.17) is 34.8 Å². The number of pyridine rings is 1. The lowest BCUT2D eigenvalue weighted by Crippen LogP contribution is -2.09. The SMILES string of the molecule is CC(C)C1=CCc2ccccc21.CC(C)c1cc2cccnc2[nH]1.CC(C)c1ccc(-c2ccccc2)cc1.CC(C)c1ccc2ccccc2c1.CC(C)c1cccc(Cl)c1.CC(C)c1ccccc1.CC(C)c1ccccc1C(F)(F)F.CC(C)c1ccccc1Cl.CC(C)c1csc2ccccc12.Cc1cc(C(C)C)ccc1Cl.Cc1cc(C(C)C)ccc1F.Cc1cccc(C(C)C)c1.